The first-order valence-electron chi connectivity index (χ1n) is 9.92. The lowest BCUT2D eigenvalue weighted by molar-refractivity contribution is -0.136. The minimum atomic E-state index is -0.919. The van der Waals surface area contributed by atoms with E-state index in [1.165, 1.54) is 0 Å². The molecule has 1 aliphatic heterocycles. The number of fused-ring (bicyclic) bond motifs is 1. The van der Waals surface area contributed by atoms with Crippen LogP contribution in [-0.2, 0) is 9.59 Å². The fraction of sp³-hybridized carbons (Fsp3) is 0.348. The van der Waals surface area contributed by atoms with E-state index in [9.17, 15) is 14.7 Å². The highest BCUT2D eigenvalue weighted by Gasteiger charge is 2.35. The SMILES string of the molecule is CCC(CC)C1N=C(c2ccccc2)c2cc(I)ccc2N(CCC(=O)O)C1=O. The van der Waals surface area contributed by atoms with E-state index in [1.807, 2.05) is 48.5 Å². The Morgan fingerprint density at radius 3 is 2.48 bits per heavy atom. The van der Waals surface area contributed by atoms with Crippen molar-refractivity contribution in [3.63, 3.8) is 0 Å². The van der Waals surface area contributed by atoms with Gasteiger partial charge in [-0.25, -0.2) is 0 Å². The highest BCUT2D eigenvalue weighted by Crippen LogP contribution is 2.33. The Morgan fingerprint density at radius 1 is 1.17 bits per heavy atom. The Hall–Kier alpha value is -2.22. The summed E-state index contributed by atoms with van der Waals surface area (Å²) in [6, 6.07) is 15.2. The lowest BCUT2D eigenvalue weighted by Crippen LogP contribution is -2.42. The molecule has 1 N–H and O–H groups in total. The quantitative estimate of drug-likeness (QED) is 0.554. The van der Waals surface area contributed by atoms with Gasteiger partial charge in [-0.3, -0.25) is 14.6 Å². The maximum absolute atomic E-state index is 13.6. The monoisotopic (exact) mass is 504 g/mol. The lowest BCUT2D eigenvalue weighted by Gasteiger charge is -2.27. The van der Waals surface area contributed by atoms with Gasteiger partial charge in [0, 0.05) is 21.2 Å². The van der Waals surface area contributed by atoms with Gasteiger partial charge < -0.3 is 10.0 Å². The van der Waals surface area contributed by atoms with Crippen molar-refractivity contribution >= 4 is 45.9 Å². The molecule has 2 aromatic rings. The summed E-state index contributed by atoms with van der Waals surface area (Å²) in [5.41, 5.74) is 3.35. The van der Waals surface area contributed by atoms with Crippen LogP contribution in [0.25, 0.3) is 0 Å². The molecule has 5 nitrogen and oxygen atoms in total. The molecule has 0 spiro atoms. The van der Waals surface area contributed by atoms with Crippen LogP contribution in [0.15, 0.2) is 53.5 Å². The van der Waals surface area contributed by atoms with Gasteiger partial charge in [0.25, 0.3) is 5.91 Å². The Kier molecular flexibility index (Phi) is 7.05. The standard InChI is InChI=1S/C23H25IN2O3/c1-3-15(4-2)22-23(29)26(13-12-20(27)28)19-11-10-17(24)14-18(19)21(25-22)16-8-6-5-7-9-16/h5-11,14-15,22H,3-4,12-13H2,1-2H3,(H,27,28). The van der Waals surface area contributed by atoms with E-state index in [4.69, 9.17) is 4.99 Å². The third-order valence-electron chi connectivity index (χ3n) is 5.38. The van der Waals surface area contributed by atoms with Crippen LogP contribution in [0.2, 0.25) is 0 Å². The van der Waals surface area contributed by atoms with Crippen molar-refractivity contribution in [1.82, 2.24) is 0 Å². The maximum Gasteiger partial charge on any atom is 0.305 e. The number of aliphatic imine (C=N–C) groups is 1. The molecule has 152 valence electrons. The first-order valence-corrected chi connectivity index (χ1v) is 11.0. The van der Waals surface area contributed by atoms with Gasteiger partial charge in [0.1, 0.15) is 6.04 Å². The summed E-state index contributed by atoms with van der Waals surface area (Å²) in [4.78, 5) is 31.4. The summed E-state index contributed by atoms with van der Waals surface area (Å²) in [7, 11) is 0. The van der Waals surface area contributed by atoms with Crippen molar-refractivity contribution in [3.8, 4) is 0 Å². The lowest BCUT2D eigenvalue weighted by atomic mass is 9.93. The number of hydrogen-bond acceptors (Lipinski definition) is 3. The van der Waals surface area contributed by atoms with Gasteiger partial charge in [-0.15, -0.1) is 0 Å². The molecule has 0 fully saturated rings. The smallest absolute Gasteiger partial charge is 0.305 e. The van der Waals surface area contributed by atoms with Gasteiger partial charge >= 0.3 is 5.97 Å². The van der Waals surface area contributed by atoms with Crippen LogP contribution in [0.4, 0.5) is 5.69 Å². The predicted octanol–water partition coefficient (Wildman–Crippen LogP) is 4.75. The molecule has 1 amide bonds. The summed E-state index contributed by atoms with van der Waals surface area (Å²) in [6.45, 7) is 4.28. The molecule has 1 heterocycles. The number of carbonyl (C=O) groups is 2. The zero-order valence-corrected chi connectivity index (χ0v) is 18.8. The molecular weight excluding hydrogens is 479 g/mol. The molecule has 0 aliphatic carbocycles. The molecule has 6 heteroatoms. The van der Waals surface area contributed by atoms with E-state index >= 15 is 0 Å². The van der Waals surface area contributed by atoms with E-state index < -0.39 is 12.0 Å². The molecule has 0 radical (unpaired) electrons. The van der Waals surface area contributed by atoms with Crippen LogP contribution in [0, 0.1) is 9.49 Å². The van der Waals surface area contributed by atoms with Crippen molar-refractivity contribution in [2.24, 2.45) is 10.9 Å². The second-order valence-electron chi connectivity index (χ2n) is 7.16. The first-order chi connectivity index (χ1) is 14.0. The fourth-order valence-electron chi connectivity index (χ4n) is 3.78. The molecule has 3 rings (SSSR count). The van der Waals surface area contributed by atoms with Crippen molar-refractivity contribution < 1.29 is 14.7 Å². The van der Waals surface area contributed by atoms with Crippen LogP contribution in [0.1, 0.15) is 44.2 Å². The molecule has 1 atom stereocenters. The summed E-state index contributed by atoms with van der Waals surface area (Å²) in [5.74, 6) is -0.937. The van der Waals surface area contributed by atoms with Gasteiger partial charge in [0.05, 0.1) is 17.8 Å². The summed E-state index contributed by atoms with van der Waals surface area (Å²) in [5, 5.41) is 9.22. The molecule has 1 unspecified atom stereocenters. The number of carboxylic acid groups (broad SMARTS) is 1. The molecule has 1 aliphatic rings. The molecule has 2 aromatic carbocycles. The maximum atomic E-state index is 13.6. The molecule has 29 heavy (non-hydrogen) atoms. The van der Waals surface area contributed by atoms with Crippen LogP contribution >= 0.6 is 22.6 Å². The third-order valence-corrected chi connectivity index (χ3v) is 6.05. The van der Waals surface area contributed by atoms with E-state index in [-0.39, 0.29) is 24.8 Å². The largest absolute Gasteiger partial charge is 0.481 e. The number of carbonyl (C=O) groups excluding carboxylic acids is 1. The Labute approximate surface area is 185 Å². The number of carboxylic acids is 1. The molecule has 0 bridgehead atoms. The zero-order valence-electron chi connectivity index (χ0n) is 16.6. The minimum Gasteiger partial charge on any atom is -0.481 e. The molecule has 0 aromatic heterocycles. The van der Waals surface area contributed by atoms with Gasteiger partial charge in [-0.05, 0) is 46.7 Å². The number of anilines is 1. The Bertz CT molecular complexity index is 923. The number of halogens is 1. The second-order valence-corrected chi connectivity index (χ2v) is 8.41. The van der Waals surface area contributed by atoms with Gasteiger partial charge in [-0.2, -0.15) is 0 Å². The van der Waals surface area contributed by atoms with Crippen molar-refractivity contribution in [1.29, 1.82) is 0 Å². The van der Waals surface area contributed by atoms with Crippen LogP contribution in [-0.4, -0.2) is 35.3 Å². The highest BCUT2D eigenvalue weighted by molar-refractivity contribution is 14.1. The van der Waals surface area contributed by atoms with Crippen LogP contribution in [0.3, 0.4) is 0 Å². The Balaban J connectivity index is 2.23. The number of aliphatic carboxylic acids is 1. The fourth-order valence-corrected chi connectivity index (χ4v) is 4.27. The second kappa shape index (κ2) is 9.52. The van der Waals surface area contributed by atoms with Crippen molar-refractivity contribution in [2.75, 3.05) is 11.4 Å². The van der Waals surface area contributed by atoms with Crippen molar-refractivity contribution in [2.45, 2.75) is 39.2 Å². The zero-order chi connectivity index (χ0) is 21.0. The summed E-state index contributed by atoms with van der Waals surface area (Å²) < 4.78 is 1.04. The molecule has 0 saturated carbocycles. The van der Waals surface area contributed by atoms with Gasteiger partial charge in [0.2, 0.25) is 0 Å². The highest BCUT2D eigenvalue weighted by atomic mass is 127. The minimum absolute atomic E-state index is 0.0990. The first kappa shape index (κ1) is 21.5. The average molecular weight is 504 g/mol. The van der Waals surface area contributed by atoms with E-state index in [1.54, 1.807) is 4.90 Å². The van der Waals surface area contributed by atoms with Crippen LogP contribution in [0.5, 0.6) is 0 Å². The number of rotatable bonds is 7. The molecular formula is C23H25IN2O3. The third kappa shape index (κ3) is 4.69. The number of amides is 1. The number of benzodiazepines with no additional fused rings is 1. The molecule has 0 saturated heterocycles. The summed E-state index contributed by atoms with van der Waals surface area (Å²) >= 11 is 2.25. The van der Waals surface area contributed by atoms with E-state index in [2.05, 4.69) is 36.4 Å². The number of hydrogen-bond donors (Lipinski definition) is 1. The predicted molar refractivity (Wildman–Crippen MR) is 124 cm³/mol. The van der Waals surface area contributed by atoms with Gasteiger partial charge in [-0.1, -0.05) is 57.0 Å². The van der Waals surface area contributed by atoms with E-state index in [0.29, 0.717) is 0 Å². The number of nitrogens with zero attached hydrogens (tertiary/aromatic N) is 2. The topological polar surface area (TPSA) is 70.0 Å². The Morgan fingerprint density at radius 2 is 1.86 bits per heavy atom. The summed E-state index contributed by atoms with van der Waals surface area (Å²) in [6.07, 6.45) is 1.56. The normalized spacial score (nSPS) is 16.4. The van der Waals surface area contributed by atoms with Gasteiger partial charge in [0.15, 0.2) is 0 Å². The number of benzene rings is 2. The van der Waals surface area contributed by atoms with Crippen molar-refractivity contribution in [3.05, 3.63) is 63.2 Å². The average Bonchev–Trinajstić information content (AvgIpc) is 2.83. The van der Waals surface area contributed by atoms with E-state index in [0.717, 1.165) is 38.9 Å². The van der Waals surface area contributed by atoms with Crippen LogP contribution < -0.4 is 4.90 Å².